The quantitative estimate of drug-likeness (QED) is 0.654. The van der Waals surface area contributed by atoms with E-state index in [-0.39, 0.29) is 17.5 Å². The molecule has 0 radical (unpaired) electrons. The third-order valence-corrected chi connectivity index (χ3v) is 4.96. The minimum absolute atomic E-state index is 0.203. The van der Waals surface area contributed by atoms with Gasteiger partial charge in [0.15, 0.2) is 9.84 Å². The summed E-state index contributed by atoms with van der Waals surface area (Å²) < 4.78 is 22.1. The first-order valence-corrected chi connectivity index (χ1v) is 7.53. The summed E-state index contributed by atoms with van der Waals surface area (Å²) >= 11 is 1.62. The summed E-state index contributed by atoms with van der Waals surface area (Å²) in [6.45, 7) is 3.71. The summed E-state index contributed by atoms with van der Waals surface area (Å²) in [4.78, 5) is 0. The lowest BCUT2D eigenvalue weighted by Gasteiger charge is -2.07. The summed E-state index contributed by atoms with van der Waals surface area (Å²) in [5.41, 5.74) is 5.69. The predicted molar refractivity (Wildman–Crippen MR) is 59.9 cm³/mol. The Bertz CT molecular complexity index is 214. The van der Waals surface area contributed by atoms with Crippen LogP contribution in [0.5, 0.6) is 0 Å². The summed E-state index contributed by atoms with van der Waals surface area (Å²) in [7, 11) is -2.79. The Labute approximate surface area is 85.4 Å². The van der Waals surface area contributed by atoms with Crippen molar-refractivity contribution < 1.29 is 8.42 Å². The average Bonchev–Trinajstić information content (AvgIpc) is 2.12. The van der Waals surface area contributed by atoms with E-state index in [1.807, 2.05) is 6.92 Å². The van der Waals surface area contributed by atoms with Crippen molar-refractivity contribution in [1.82, 2.24) is 0 Å². The molecule has 0 aromatic heterocycles. The molecule has 2 N–H and O–H groups in total. The molecule has 5 heteroatoms. The van der Waals surface area contributed by atoms with E-state index in [1.165, 1.54) is 0 Å². The molecule has 0 rings (SSSR count). The van der Waals surface area contributed by atoms with Crippen LogP contribution in [0.25, 0.3) is 0 Å². The van der Waals surface area contributed by atoms with E-state index in [1.54, 1.807) is 18.7 Å². The van der Waals surface area contributed by atoms with Gasteiger partial charge >= 0.3 is 0 Å². The van der Waals surface area contributed by atoms with Crippen LogP contribution in [0.15, 0.2) is 0 Å². The molecule has 1 atom stereocenters. The van der Waals surface area contributed by atoms with Gasteiger partial charge in [-0.2, -0.15) is 11.8 Å². The third-order valence-electron chi connectivity index (χ3n) is 1.83. The first kappa shape index (κ1) is 13.3. The Balaban J connectivity index is 3.47. The molecule has 0 amide bonds. The number of sulfone groups is 1. The topological polar surface area (TPSA) is 60.2 Å². The molecule has 0 aliphatic heterocycles. The highest BCUT2D eigenvalue weighted by Gasteiger charge is 2.07. The average molecular weight is 225 g/mol. The molecular formula is C8H19NO2S2. The van der Waals surface area contributed by atoms with Gasteiger partial charge in [0.05, 0.1) is 5.75 Å². The minimum Gasteiger partial charge on any atom is -0.327 e. The molecule has 0 bridgehead atoms. The van der Waals surface area contributed by atoms with Gasteiger partial charge in [-0.3, -0.25) is 0 Å². The van der Waals surface area contributed by atoms with Crippen molar-refractivity contribution in [1.29, 1.82) is 0 Å². The Hall–Kier alpha value is 0.260. The van der Waals surface area contributed by atoms with Gasteiger partial charge in [0.25, 0.3) is 0 Å². The van der Waals surface area contributed by atoms with Crippen molar-refractivity contribution in [2.45, 2.75) is 26.3 Å². The highest BCUT2D eigenvalue weighted by Crippen LogP contribution is 2.05. The van der Waals surface area contributed by atoms with Gasteiger partial charge in [-0.15, -0.1) is 0 Å². The molecule has 13 heavy (non-hydrogen) atoms. The van der Waals surface area contributed by atoms with Crippen LogP contribution in [-0.4, -0.2) is 37.5 Å². The van der Waals surface area contributed by atoms with E-state index in [0.29, 0.717) is 5.75 Å². The van der Waals surface area contributed by atoms with E-state index < -0.39 is 9.84 Å². The lowest BCUT2D eigenvalue weighted by Crippen LogP contribution is -2.22. The number of nitrogens with two attached hydrogens (primary N) is 1. The van der Waals surface area contributed by atoms with Crippen molar-refractivity contribution in [3.63, 3.8) is 0 Å². The smallest absolute Gasteiger partial charge is 0.150 e. The third kappa shape index (κ3) is 7.34. The fourth-order valence-electron chi connectivity index (χ4n) is 0.683. The Morgan fingerprint density at radius 1 is 1.38 bits per heavy atom. The molecule has 0 saturated heterocycles. The Kier molecular flexibility index (Phi) is 6.81. The first-order valence-electron chi connectivity index (χ1n) is 4.55. The minimum atomic E-state index is -2.79. The normalized spacial score (nSPS) is 14.4. The molecule has 0 aliphatic carbocycles. The monoisotopic (exact) mass is 225 g/mol. The zero-order valence-electron chi connectivity index (χ0n) is 8.32. The summed E-state index contributed by atoms with van der Waals surface area (Å²) in [5, 5.41) is 0. The van der Waals surface area contributed by atoms with Gasteiger partial charge in [-0.1, -0.05) is 13.8 Å². The largest absolute Gasteiger partial charge is 0.327 e. The molecule has 0 heterocycles. The molecule has 0 aliphatic rings. The fourth-order valence-corrected chi connectivity index (χ4v) is 3.16. The van der Waals surface area contributed by atoms with E-state index in [4.69, 9.17) is 5.73 Å². The second kappa shape index (κ2) is 6.68. The maximum absolute atomic E-state index is 11.1. The van der Waals surface area contributed by atoms with Crippen LogP contribution in [0.1, 0.15) is 20.3 Å². The molecule has 0 saturated carbocycles. The first-order chi connectivity index (χ1) is 6.02. The molecule has 0 aromatic carbocycles. The van der Waals surface area contributed by atoms with Gasteiger partial charge in [-0.25, -0.2) is 8.42 Å². The maximum Gasteiger partial charge on any atom is 0.150 e. The van der Waals surface area contributed by atoms with Crippen LogP contribution >= 0.6 is 11.8 Å². The number of thioether (sulfide) groups is 1. The molecule has 1 unspecified atom stereocenters. The summed E-state index contributed by atoms with van der Waals surface area (Å²) in [5.74, 6) is 2.05. The molecule has 0 fully saturated rings. The zero-order valence-corrected chi connectivity index (χ0v) is 9.96. The van der Waals surface area contributed by atoms with Crippen molar-refractivity contribution >= 4 is 21.6 Å². The standard InChI is InChI=1S/C8H19NO2S2/c1-3-8(9)7-12-5-6-13(10,11)4-2/h8H,3-7,9H2,1-2H3. The van der Waals surface area contributed by atoms with Crippen LogP contribution < -0.4 is 5.73 Å². The molecule has 80 valence electrons. The van der Waals surface area contributed by atoms with Crippen molar-refractivity contribution in [2.24, 2.45) is 5.73 Å². The highest BCUT2D eigenvalue weighted by molar-refractivity contribution is 8.00. The summed E-state index contributed by atoms with van der Waals surface area (Å²) in [6, 6.07) is 0.203. The lowest BCUT2D eigenvalue weighted by molar-refractivity contribution is 0.598. The fraction of sp³-hybridized carbons (Fsp3) is 1.00. The second-order valence-corrected chi connectivity index (χ2v) is 6.60. The Morgan fingerprint density at radius 3 is 2.46 bits per heavy atom. The van der Waals surface area contributed by atoms with Crippen LogP contribution in [0.2, 0.25) is 0 Å². The van der Waals surface area contributed by atoms with Gasteiger partial charge in [-0.05, 0) is 6.42 Å². The van der Waals surface area contributed by atoms with E-state index >= 15 is 0 Å². The molecule has 0 spiro atoms. The zero-order chi connectivity index (χ0) is 10.3. The predicted octanol–water partition coefficient (Wildman–Crippen LogP) is 0.892. The van der Waals surface area contributed by atoms with Crippen molar-refractivity contribution in [3.8, 4) is 0 Å². The van der Waals surface area contributed by atoms with Gasteiger partial charge < -0.3 is 5.73 Å². The number of hydrogen-bond acceptors (Lipinski definition) is 4. The van der Waals surface area contributed by atoms with Gasteiger partial charge in [0, 0.05) is 23.3 Å². The van der Waals surface area contributed by atoms with Crippen LogP contribution in [0.3, 0.4) is 0 Å². The van der Waals surface area contributed by atoms with Crippen LogP contribution in [0, 0.1) is 0 Å². The van der Waals surface area contributed by atoms with Crippen LogP contribution in [-0.2, 0) is 9.84 Å². The SMILES string of the molecule is CCC(N)CSCCS(=O)(=O)CC. The maximum atomic E-state index is 11.1. The molecular weight excluding hydrogens is 206 g/mol. The van der Waals surface area contributed by atoms with Crippen molar-refractivity contribution in [3.05, 3.63) is 0 Å². The van der Waals surface area contributed by atoms with E-state index in [2.05, 4.69) is 0 Å². The lowest BCUT2D eigenvalue weighted by atomic mass is 10.3. The molecule has 0 aromatic rings. The highest BCUT2D eigenvalue weighted by atomic mass is 32.2. The molecule has 3 nitrogen and oxygen atoms in total. The van der Waals surface area contributed by atoms with E-state index in [9.17, 15) is 8.42 Å². The Morgan fingerprint density at radius 2 is 2.00 bits per heavy atom. The van der Waals surface area contributed by atoms with Gasteiger partial charge in [0.2, 0.25) is 0 Å². The summed E-state index contributed by atoms with van der Waals surface area (Å²) in [6.07, 6.45) is 0.952. The van der Waals surface area contributed by atoms with Crippen molar-refractivity contribution in [2.75, 3.05) is 23.0 Å². The second-order valence-electron chi connectivity index (χ2n) is 2.98. The van der Waals surface area contributed by atoms with Gasteiger partial charge in [0.1, 0.15) is 0 Å². The van der Waals surface area contributed by atoms with E-state index in [0.717, 1.165) is 12.2 Å². The van der Waals surface area contributed by atoms with Crippen LogP contribution in [0.4, 0.5) is 0 Å². The number of rotatable bonds is 7. The number of hydrogen-bond donors (Lipinski definition) is 1.